The van der Waals surface area contributed by atoms with Gasteiger partial charge in [-0.05, 0) is 55.4 Å². The maximum Gasteiger partial charge on any atom is 0.266 e. The van der Waals surface area contributed by atoms with Crippen molar-refractivity contribution in [3.05, 3.63) is 28.6 Å². The van der Waals surface area contributed by atoms with Crippen LogP contribution in [0.3, 0.4) is 0 Å². The Morgan fingerprint density at radius 2 is 2.39 bits per heavy atom. The van der Waals surface area contributed by atoms with Crippen LogP contribution in [0.1, 0.15) is 29.6 Å². The van der Waals surface area contributed by atoms with Crippen molar-refractivity contribution in [3.8, 4) is 0 Å². The van der Waals surface area contributed by atoms with E-state index in [-0.39, 0.29) is 17.6 Å². The van der Waals surface area contributed by atoms with Gasteiger partial charge in [-0.3, -0.25) is 4.79 Å². The number of carbonyl (C=O) groups excluding carboxylic acids is 1. The maximum absolute atomic E-state index is 12.5. The molecule has 2 fully saturated rings. The number of oxazole rings is 1. The van der Waals surface area contributed by atoms with Crippen LogP contribution < -0.4 is 5.32 Å². The molecule has 2 saturated heterocycles. The molecule has 1 spiro atoms. The summed E-state index contributed by atoms with van der Waals surface area (Å²) in [5, 5.41) is 3.15. The molecule has 7 heteroatoms. The smallest absolute Gasteiger partial charge is 0.266 e. The van der Waals surface area contributed by atoms with Crippen LogP contribution in [-0.4, -0.2) is 40.6 Å². The molecule has 0 saturated carbocycles. The Bertz CT molecular complexity index is 792. The van der Waals surface area contributed by atoms with E-state index in [1.807, 2.05) is 17.8 Å². The van der Waals surface area contributed by atoms with Crippen LogP contribution in [0.15, 0.2) is 22.6 Å². The van der Waals surface area contributed by atoms with Crippen LogP contribution >= 0.6 is 24.0 Å². The lowest BCUT2D eigenvalue weighted by Crippen LogP contribution is -2.48. The van der Waals surface area contributed by atoms with Crippen LogP contribution in [0.25, 0.3) is 11.1 Å². The van der Waals surface area contributed by atoms with Gasteiger partial charge in [-0.2, -0.15) is 11.8 Å². The summed E-state index contributed by atoms with van der Waals surface area (Å²) in [6.07, 6.45) is 2.85. The van der Waals surface area contributed by atoms with Gasteiger partial charge < -0.3 is 19.5 Å². The maximum atomic E-state index is 12.5. The zero-order valence-corrected chi connectivity index (χ0v) is 14.2. The van der Waals surface area contributed by atoms with E-state index in [1.54, 1.807) is 12.1 Å². The highest BCUT2D eigenvalue weighted by molar-refractivity contribution is 7.99. The Hall–Kier alpha value is -1.31. The second kappa shape index (κ2) is 5.96. The molecule has 3 heterocycles. The number of aromatic amines is 1. The molecule has 0 unspecified atom stereocenters. The number of aromatic nitrogens is 1. The lowest BCUT2D eigenvalue weighted by molar-refractivity contribution is -0.0688. The van der Waals surface area contributed by atoms with Gasteiger partial charge in [0.1, 0.15) is 0 Å². The molecule has 23 heavy (non-hydrogen) atoms. The van der Waals surface area contributed by atoms with E-state index in [2.05, 4.69) is 10.3 Å². The predicted molar refractivity (Wildman–Crippen MR) is 92.5 cm³/mol. The largest absolute Gasteiger partial charge is 0.429 e. The third-order valence-electron chi connectivity index (χ3n) is 4.58. The quantitative estimate of drug-likeness (QED) is 0.814. The molecule has 0 radical (unpaired) electrons. The SMILES string of the molecule is O=C(N[C@@H]1CCO[C@@]2(CCSC2)C1)c1ccc2[nH]c(=S)oc2c1. The van der Waals surface area contributed by atoms with E-state index >= 15 is 0 Å². The van der Waals surface area contributed by atoms with E-state index in [4.69, 9.17) is 21.4 Å². The second-order valence-electron chi connectivity index (χ2n) is 6.22. The van der Waals surface area contributed by atoms with Crippen LogP contribution in [0.4, 0.5) is 0 Å². The molecular weight excluding hydrogens is 332 g/mol. The summed E-state index contributed by atoms with van der Waals surface area (Å²) in [6, 6.07) is 5.52. The highest BCUT2D eigenvalue weighted by atomic mass is 32.2. The van der Waals surface area contributed by atoms with Gasteiger partial charge in [-0.25, -0.2) is 0 Å². The number of benzene rings is 1. The number of amides is 1. The van der Waals surface area contributed by atoms with Gasteiger partial charge in [0.25, 0.3) is 10.7 Å². The molecule has 1 amide bonds. The Labute approximate surface area is 143 Å². The lowest BCUT2D eigenvalue weighted by Gasteiger charge is -2.38. The summed E-state index contributed by atoms with van der Waals surface area (Å²) < 4.78 is 11.4. The van der Waals surface area contributed by atoms with E-state index in [1.165, 1.54) is 0 Å². The number of fused-ring (bicyclic) bond motifs is 1. The monoisotopic (exact) mass is 350 g/mol. The van der Waals surface area contributed by atoms with Gasteiger partial charge >= 0.3 is 0 Å². The standard InChI is InChI=1S/C16H18N2O3S2/c19-14(10-1-2-12-13(7-10)21-15(22)18-12)17-11-3-5-20-16(8-11)4-6-23-9-16/h1-2,7,11H,3-6,8-9H2,(H,17,19)(H,18,22)/t11-,16+/m1/s1. The minimum atomic E-state index is -0.0677. The van der Waals surface area contributed by atoms with E-state index in [0.29, 0.717) is 16.0 Å². The summed E-state index contributed by atoms with van der Waals surface area (Å²) in [7, 11) is 0. The van der Waals surface area contributed by atoms with Crippen molar-refractivity contribution in [2.24, 2.45) is 0 Å². The van der Waals surface area contributed by atoms with Gasteiger partial charge in [0.15, 0.2) is 5.58 Å². The topological polar surface area (TPSA) is 67.3 Å². The Kier molecular flexibility index (Phi) is 3.95. The number of hydrogen-bond donors (Lipinski definition) is 2. The molecule has 2 aromatic rings. The molecule has 122 valence electrons. The van der Waals surface area contributed by atoms with Gasteiger partial charge in [0.2, 0.25) is 0 Å². The number of carbonyl (C=O) groups is 1. The average Bonchev–Trinajstić information content (AvgIpc) is 3.12. The minimum Gasteiger partial charge on any atom is -0.429 e. The number of rotatable bonds is 2. The van der Waals surface area contributed by atoms with Crippen LogP contribution in [0.2, 0.25) is 0 Å². The van der Waals surface area contributed by atoms with E-state index < -0.39 is 0 Å². The van der Waals surface area contributed by atoms with Gasteiger partial charge in [-0.15, -0.1) is 0 Å². The molecule has 2 aliphatic heterocycles. The van der Waals surface area contributed by atoms with Gasteiger partial charge in [0.05, 0.1) is 11.1 Å². The summed E-state index contributed by atoms with van der Waals surface area (Å²) >= 11 is 6.91. The molecule has 2 atom stereocenters. The Morgan fingerprint density at radius 1 is 1.48 bits per heavy atom. The third kappa shape index (κ3) is 3.05. The fourth-order valence-corrected chi connectivity index (χ4v) is 4.95. The zero-order valence-electron chi connectivity index (χ0n) is 12.6. The van der Waals surface area contributed by atoms with E-state index in [0.717, 1.165) is 42.9 Å². The average molecular weight is 350 g/mol. The number of ether oxygens (including phenoxy) is 1. The molecule has 0 bridgehead atoms. The van der Waals surface area contributed by atoms with Crippen molar-refractivity contribution >= 4 is 41.0 Å². The van der Waals surface area contributed by atoms with Crippen LogP contribution in [-0.2, 0) is 4.74 Å². The van der Waals surface area contributed by atoms with Crippen molar-refractivity contribution in [1.29, 1.82) is 0 Å². The molecule has 0 aliphatic carbocycles. The van der Waals surface area contributed by atoms with Gasteiger partial charge in [-0.1, -0.05) is 0 Å². The first-order valence-electron chi connectivity index (χ1n) is 7.79. The molecule has 2 aliphatic rings. The summed E-state index contributed by atoms with van der Waals surface area (Å²) in [4.78, 5) is 15.8. The minimum absolute atomic E-state index is 0.0297. The highest BCUT2D eigenvalue weighted by Crippen LogP contribution is 2.38. The van der Waals surface area contributed by atoms with Crippen molar-refractivity contribution in [1.82, 2.24) is 10.3 Å². The lowest BCUT2D eigenvalue weighted by atomic mass is 9.89. The first-order valence-corrected chi connectivity index (χ1v) is 9.35. The fraction of sp³-hybridized carbons (Fsp3) is 0.500. The number of nitrogens with one attached hydrogen (secondary N) is 2. The Morgan fingerprint density at radius 3 is 3.22 bits per heavy atom. The zero-order chi connectivity index (χ0) is 15.9. The van der Waals surface area contributed by atoms with Crippen molar-refractivity contribution in [3.63, 3.8) is 0 Å². The molecular formula is C16H18N2O3S2. The molecule has 1 aromatic carbocycles. The second-order valence-corrected chi connectivity index (χ2v) is 7.70. The van der Waals surface area contributed by atoms with Crippen molar-refractivity contribution in [2.75, 3.05) is 18.1 Å². The first kappa shape index (κ1) is 15.2. The number of thioether (sulfide) groups is 1. The normalized spacial score (nSPS) is 27.6. The van der Waals surface area contributed by atoms with Crippen molar-refractivity contribution in [2.45, 2.75) is 30.9 Å². The number of H-pyrrole nitrogens is 1. The Balaban J connectivity index is 1.48. The molecule has 2 N–H and O–H groups in total. The predicted octanol–water partition coefficient (Wildman–Crippen LogP) is 3.27. The summed E-state index contributed by atoms with van der Waals surface area (Å²) in [5.41, 5.74) is 1.98. The van der Waals surface area contributed by atoms with Crippen LogP contribution in [0.5, 0.6) is 0 Å². The third-order valence-corrected chi connectivity index (χ3v) is 5.99. The highest BCUT2D eigenvalue weighted by Gasteiger charge is 2.40. The first-order chi connectivity index (χ1) is 11.1. The number of hydrogen-bond acceptors (Lipinski definition) is 5. The fourth-order valence-electron chi connectivity index (χ4n) is 3.37. The van der Waals surface area contributed by atoms with Crippen LogP contribution in [0, 0.1) is 4.84 Å². The molecule has 5 nitrogen and oxygen atoms in total. The molecule has 1 aromatic heterocycles. The van der Waals surface area contributed by atoms with Gasteiger partial charge in [0, 0.05) is 24.0 Å². The van der Waals surface area contributed by atoms with E-state index in [9.17, 15) is 4.79 Å². The summed E-state index contributed by atoms with van der Waals surface area (Å²) in [5.74, 6) is 2.12. The summed E-state index contributed by atoms with van der Waals surface area (Å²) in [6.45, 7) is 0.719. The molecule has 4 rings (SSSR count). The van der Waals surface area contributed by atoms with Crippen molar-refractivity contribution < 1.29 is 13.9 Å².